The molecule has 0 aromatic heterocycles. The second-order valence-electron chi connectivity index (χ2n) is 6.33. The van der Waals surface area contributed by atoms with Crippen molar-refractivity contribution in [3.05, 3.63) is 0 Å². The van der Waals surface area contributed by atoms with Crippen LogP contribution in [0.25, 0.3) is 0 Å². The number of thioether (sulfide) groups is 1. The van der Waals surface area contributed by atoms with Crippen LogP contribution in [0.4, 0.5) is 0 Å². The predicted octanol–water partition coefficient (Wildman–Crippen LogP) is 0.823. The normalized spacial score (nSPS) is 16.1. The number of rotatable bonds is 11. The molecule has 2 amide bonds. The van der Waals surface area contributed by atoms with Crippen molar-refractivity contribution in [1.82, 2.24) is 10.6 Å². The molecule has 0 aliphatic rings. The lowest BCUT2D eigenvalue weighted by molar-refractivity contribution is -0.143. The first-order chi connectivity index (χ1) is 11.1. The Balaban J connectivity index is 5.02. The Hall–Kier alpha value is -1.28. The van der Waals surface area contributed by atoms with Gasteiger partial charge >= 0.3 is 5.97 Å². The van der Waals surface area contributed by atoms with E-state index in [4.69, 9.17) is 5.73 Å². The third-order valence-electron chi connectivity index (χ3n) is 3.99. The highest BCUT2D eigenvalue weighted by Gasteiger charge is 2.31. The van der Waals surface area contributed by atoms with E-state index < -0.39 is 30.0 Å². The summed E-state index contributed by atoms with van der Waals surface area (Å²) in [6, 6.07) is -2.48. The molecular formula is C16H31N3O4S. The Morgan fingerprint density at radius 2 is 1.62 bits per heavy atom. The first kappa shape index (κ1) is 22.7. The molecule has 140 valence electrons. The number of aliphatic carboxylic acids is 1. The standard InChI is InChI=1S/C16H31N3O4S/c1-6-10(4)13(19-14(20)11(17)7-8-24-5)15(21)18-12(9(2)3)16(22)23/h9-13H,6-8,17H2,1-5H3,(H,18,21)(H,19,20)(H,22,23). The molecule has 7 nitrogen and oxygen atoms in total. The highest BCUT2D eigenvalue weighted by molar-refractivity contribution is 7.98. The molecule has 0 aromatic rings. The van der Waals surface area contributed by atoms with Gasteiger partial charge in [0, 0.05) is 0 Å². The van der Waals surface area contributed by atoms with Crippen molar-refractivity contribution in [2.24, 2.45) is 17.6 Å². The second kappa shape index (κ2) is 11.3. The van der Waals surface area contributed by atoms with Crippen molar-refractivity contribution < 1.29 is 19.5 Å². The monoisotopic (exact) mass is 361 g/mol. The van der Waals surface area contributed by atoms with Crippen molar-refractivity contribution in [3.63, 3.8) is 0 Å². The van der Waals surface area contributed by atoms with Crippen LogP contribution in [0.2, 0.25) is 0 Å². The minimum atomic E-state index is -1.09. The summed E-state index contributed by atoms with van der Waals surface area (Å²) in [7, 11) is 0. The molecule has 0 radical (unpaired) electrons. The van der Waals surface area contributed by atoms with Gasteiger partial charge in [0.15, 0.2) is 0 Å². The van der Waals surface area contributed by atoms with E-state index >= 15 is 0 Å². The number of carbonyl (C=O) groups excluding carboxylic acids is 2. The van der Waals surface area contributed by atoms with Gasteiger partial charge in [0.2, 0.25) is 11.8 Å². The zero-order chi connectivity index (χ0) is 18.9. The van der Waals surface area contributed by atoms with Gasteiger partial charge < -0.3 is 21.5 Å². The number of carboxylic acids is 1. The van der Waals surface area contributed by atoms with Crippen LogP contribution in [0, 0.1) is 11.8 Å². The molecule has 0 saturated carbocycles. The fourth-order valence-electron chi connectivity index (χ4n) is 2.09. The molecule has 0 saturated heterocycles. The Morgan fingerprint density at radius 1 is 1.08 bits per heavy atom. The zero-order valence-corrected chi connectivity index (χ0v) is 16.0. The molecule has 0 bridgehead atoms. The molecule has 0 spiro atoms. The highest BCUT2D eigenvalue weighted by Crippen LogP contribution is 2.11. The summed E-state index contributed by atoms with van der Waals surface area (Å²) in [5.41, 5.74) is 5.84. The average Bonchev–Trinajstić information content (AvgIpc) is 2.53. The number of carbonyl (C=O) groups is 3. The van der Waals surface area contributed by atoms with E-state index in [9.17, 15) is 19.5 Å². The lowest BCUT2D eigenvalue weighted by atomic mass is 9.96. The van der Waals surface area contributed by atoms with Crippen LogP contribution < -0.4 is 16.4 Å². The molecule has 5 N–H and O–H groups in total. The molecule has 4 atom stereocenters. The van der Waals surface area contributed by atoms with E-state index in [0.29, 0.717) is 12.8 Å². The van der Waals surface area contributed by atoms with Gasteiger partial charge in [-0.15, -0.1) is 0 Å². The summed E-state index contributed by atoms with van der Waals surface area (Å²) in [4.78, 5) is 36.0. The summed E-state index contributed by atoms with van der Waals surface area (Å²) < 4.78 is 0. The molecule has 8 heteroatoms. The largest absolute Gasteiger partial charge is 0.480 e. The van der Waals surface area contributed by atoms with E-state index in [0.717, 1.165) is 5.75 Å². The van der Waals surface area contributed by atoms with Crippen LogP contribution in [0.1, 0.15) is 40.5 Å². The van der Waals surface area contributed by atoms with Crippen LogP contribution in [-0.2, 0) is 14.4 Å². The van der Waals surface area contributed by atoms with Gasteiger partial charge in [0.1, 0.15) is 12.1 Å². The van der Waals surface area contributed by atoms with Crippen LogP contribution >= 0.6 is 11.8 Å². The fourth-order valence-corrected chi connectivity index (χ4v) is 2.58. The van der Waals surface area contributed by atoms with Gasteiger partial charge in [-0.1, -0.05) is 34.1 Å². The van der Waals surface area contributed by atoms with E-state index in [-0.39, 0.29) is 17.7 Å². The highest BCUT2D eigenvalue weighted by atomic mass is 32.2. The van der Waals surface area contributed by atoms with Gasteiger partial charge in [0.05, 0.1) is 6.04 Å². The summed E-state index contributed by atoms with van der Waals surface area (Å²) in [6.45, 7) is 7.17. The van der Waals surface area contributed by atoms with Crippen molar-refractivity contribution >= 4 is 29.5 Å². The Labute approximate surface area is 148 Å². The Kier molecular flexibility index (Phi) is 10.7. The maximum absolute atomic E-state index is 12.5. The number of amides is 2. The van der Waals surface area contributed by atoms with Gasteiger partial charge in [0.25, 0.3) is 0 Å². The zero-order valence-electron chi connectivity index (χ0n) is 15.2. The van der Waals surface area contributed by atoms with Gasteiger partial charge in [-0.2, -0.15) is 11.8 Å². The average molecular weight is 362 g/mol. The maximum atomic E-state index is 12.5. The molecule has 24 heavy (non-hydrogen) atoms. The number of nitrogens with one attached hydrogen (secondary N) is 2. The first-order valence-corrected chi connectivity index (χ1v) is 9.63. The molecule has 4 unspecified atom stereocenters. The molecule has 0 heterocycles. The maximum Gasteiger partial charge on any atom is 0.326 e. The van der Waals surface area contributed by atoms with Crippen molar-refractivity contribution in [2.75, 3.05) is 12.0 Å². The molecule has 0 aliphatic heterocycles. The Bertz CT molecular complexity index is 432. The van der Waals surface area contributed by atoms with Gasteiger partial charge in [-0.25, -0.2) is 4.79 Å². The molecule has 0 aliphatic carbocycles. The molecule has 0 fully saturated rings. The van der Waals surface area contributed by atoms with Crippen molar-refractivity contribution in [2.45, 2.75) is 58.7 Å². The number of hydrogen-bond acceptors (Lipinski definition) is 5. The van der Waals surface area contributed by atoms with Crippen LogP contribution in [0.5, 0.6) is 0 Å². The quantitative estimate of drug-likeness (QED) is 0.432. The lowest BCUT2D eigenvalue weighted by Gasteiger charge is -2.27. The number of nitrogens with two attached hydrogens (primary N) is 1. The molecule has 0 aromatic carbocycles. The Morgan fingerprint density at radius 3 is 2.04 bits per heavy atom. The van der Waals surface area contributed by atoms with Crippen LogP contribution in [-0.4, -0.2) is 53.0 Å². The van der Waals surface area contributed by atoms with Crippen LogP contribution in [0.15, 0.2) is 0 Å². The van der Waals surface area contributed by atoms with E-state index in [1.807, 2.05) is 20.1 Å². The third-order valence-corrected chi connectivity index (χ3v) is 4.64. The lowest BCUT2D eigenvalue weighted by Crippen LogP contribution is -2.57. The second-order valence-corrected chi connectivity index (χ2v) is 7.31. The number of carboxylic acid groups (broad SMARTS) is 1. The first-order valence-electron chi connectivity index (χ1n) is 8.23. The van der Waals surface area contributed by atoms with Crippen molar-refractivity contribution in [1.29, 1.82) is 0 Å². The summed E-state index contributed by atoms with van der Waals surface area (Å²) in [6.07, 6.45) is 3.11. The summed E-state index contributed by atoms with van der Waals surface area (Å²) in [5, 5.41) is 14.4. The summed E-state index contributed by atoms with van der Waals surface area (Å²) in [5.74, 6) is -1.61. The smallest absolute Gasteiger partial charge is 0.326 e. The predicted molar refractivity (Wildman–Crippen MR) is 96.8 cm³/mol. The molecular weight excluding hydrogens is 330 g/mol. The van der Waals surface area contributed by atoms with Crippen LogP contribution in [0.3, 0.4) is 0 Å². The number of hydrogen-bond donors (Lipinski definition) is 4. The summed E-state index contributed by atoms with van der Waals surface area (Å²) >= 11 is 1.59. The van der Waals surface area contributed by atoms with E-state index in [1.54, 1.807) is 25.6 Å². The van der Waals surface area contributed by atoms with Crippen molar-refractivity contribution in [3.8, 4) is 0 Å². The topological polar surface area (TPSA) is 122 Å². The van der Waals surface area contributed by atoms with E-state index in [1.165, 1.54) is 0 Å². The third kappa shape index (κ3) is 7.53. The van der Waals surface area contributed by atoms with Gasteiger partial charge in [-0.3, -0.25) is 9.59 Å². The minimum absolute atomic E-state index is 0.136. The van der Waals surface area contributed by atoms with E-state index in [2.05, 4.69) is 10.6 Å². The SMILES string of the molecule is CCC(C)C(NC(=O)C(N)CCSC)C(=O)NC(C(=O)O)C(C)C. The minimum Gasteiger partial charge on any atom is -0.480 e. The van der Waals surface area contributed by atoms with Gasteiger partial charge in [-0.05, 0) is 30.3 Å². The molecule has 0 rings (SSSR count). The fraction of sp³-hybridized carbons (Fsp3) is 0.812.